The van der Waals surface area contributed by atoms with Crippen LogP contribution in [0.15, 0.2) is 33.9 Å². The van der Waals surface area contributed by atoms with E-state index < -0.39 is 0 Å². The van der Waals surface area contributed by atoms with Gasteiger partial charge in [0.2, 0.25) is 5.91 Å². The topological polar surface area (TPSA) is 72.6 Å². The van der Waals surface area contributed by atoms with Crippen LogP contribution in [0.1, 0.15) is 13.3 Å². The highest BCUT2D eigenvalue weighted by Crippen LogP contribution is 2.23. The van der Waals surface area contributed by atoms with Gasteiger partial charge in [0.25, 0.3) is 5.22 Å². The van der Waals surface area contributed by atoms with Gasteiger partial charge in [0.05, 0.1) is 19.3 Å². The van der Waals surface area contributed by atoms with E-state index in [2.05, 4.69) is 9.72 Å². The molecule has 118 valence electrons. The lowest BCUT2D eigenvalue weighted by Crippen LogP contribution is -2.34. The number of carbonyl (C=O) groups excluding carboxylic acids is 2. The van der Waals surface area contributed by atoms with Gasteiger partial charge in [0, 0.05) is 13.1 Å². The van der Waals surface area contributed by atoms with Crippen molar-refractivity contribution in [1.29, 1.82) is 0 Å². The van der Waals surface area contributed by atoms with Gasteiger partial charge in [-0.25, -0.2) is 4.98 Å². The number of benzene rings is 1. The minimum absolute atomic E-state index is 0.0568. The minimum Gasteiger partial charge on any atom is -0.469 e. The number of oxazole rings is 1. The number of nitrogens with zero attached hydrogens (tertiary/aromatic N) is 2. The molecule has 7 heteroatoms. The molecule has 1 aromatic heterocycles. The molecule has 0 saturated carbocycles. The van der Waals surface area contributed by atoms with Crippen LogP contribution in [0, 0.1) is 0 Å². The number of esters is 1. The van der Waals surface area contributed by atoms with E-state index in [4.69, 9.17) is 4.42 Å². The maximum atomic E-state index is 12.1. The van der Waals surface area contributed by atoms with E-state index in [9.17, 15) is 9.59 Å². The van der Waals surface area contributed by atoms with Crippen molar-refractivity contribution >= 4 is 34.7 Å². The van der Waals surface area contributed by atoms with E-state index >= 15 is 0 Å². The first kappa shape index (κ1) is 16.4. The molecule has 0 aliphatic rings. The lowest BCUT2D eigenvalue weighted by Gasteiger charge is -2.19. The third-order valence-corrected chi connectivity index (χ3v) is 3.95. The SMILES string of the molecule is CCN(CCC(=O)OC)C(=O)CSc1nc2ccccc2o1. The summed E-state index contributed by atoms with van der Waals surface area (Å²) in [6, 6.07) is 7.46. The van der Waals surface area contributed by atoms with Crippen molar-refractivity contribution in [1.82, 2.24) is 9.88 Å². The largest absolute Gasteiger partial charge is 0.469 e. The van der Waals surface area contributed by atoms with Crippen LogP contribution >= 0.6 is 11.8 Å². The third-order valence-electron chi connectivity index (χ3n) is 3.14. The summed E-state index contributed by atoms with van der Waals surface area (Å²) in [5.74, 6) is -0.154. The number of amides is 1. The van der Waals surface area contributed by atoms with Crippen molar-refractivity contribution in [3.05, 3.63) is 24.3 Å². The Bertz CT molecular complexity index is 623. The Balaban J connectivity index is 1.88. The zero-order valence-corrected chi connectivity index (χ0v) is 13.4. The van der Waals surface area contributed by atoms with E-state index in [0.29, 0.717) is 23.9 Å². The molecule has 2 aromatic rings. The molecule has 0 radical (unpaired) electrons. The molecule has 0 bridgehead atoms. The van der Waals surface area contributed by atoms with Gasteiger partial charge < -0.3 is 14.1 Å². The second kappa shape index (κ2) is 7.84. The molecule has 0 aliphatic heterocycles. The van der Waals surface area contributed by atoms with Gasteiger partial charge in [-0.3, -0.25) is 9.59 Å². The van der Waals surface area contributed by atoms with Crippen LogP contribution in [0.3, 0.4) is 0 Å². The minimum atomic E-state index is -0.321. The monoisotopic (exact) mass is 322 g/mol. The van der Waals surface area contributed by atoms with Crippen molar-refractivity contribution < 1.29 is 18.7 Å². The average Bonchev–Trinajstić information content (AvgIpc) is 2.96. The fourth-order valence-electron chi connectivity index (χ4n) is 1.92. The molecule has 0 spiro atoms. The Labute approximate surface area is 132 Å². The van der Waals surface area contributed by atoms with Crippen molar-refractivity contribution in [2.24, 2.45) is 0 Å². The maximum absolute atomic E-state index is 12.1. The molecule has 0 atom stereocenters. The van der Waals surface area contributed by atoms with Gasteiger partial charge in [-0.1, -0.05) is 23.9 Å². The Hall–Kier alpha value is -2.02. The van der Waals surface area contributed by atoms with Crippen molar-refractivity contribution in [3.63, 3.8) is 0 Å². The molecule has 0 aliphatic carbocycles. The first-order chi connectivity index (χ1) is 10.6. The van der Waals surface area contributed by atoms with Gasteiger partial charge in [-0.05, 0) is 19.1 Å². The molecule has 0 unspecified atom stereocenters. The second-order valence-corrected chi connectivity index (χ2v) is 5.46. The molecule has 0 fully saturated rings. The Morgan fingerprint density at radius 2 is 2.14 bits per heavy atom. The van der Waals surface area contributed by atoms with E-state index in [0.717, 1.165) is 5.52 Å². The highest BCUT2D eigenvalue weighted by atomic mass is 32.2. The zero-order chi connectivity index (χ0) is 15.9. The standard InChI is InChI=1S/C15H18N2O4S/c1-3-17(9-8-14(19)20-2)13(18)10-22-15-16-11-6-4-5-7-12(11)21-15/h4-7H,3,8-10H2,1-2H3. The summed E-state index contributed by atoms with van der Waals surface area (Å²) in [4.78, 5) is 29.2. The molecule has 6 nitrogen and oxygen atoms in total. The molecule has 1 amide bonds. The van der Waals surface area contributed by atoms with Gasteiger partial charge in [-0.15, -0.1) is 0 Å². The van der Waals surface area contributed by atoms with Crippen LogP contribution in [0.5, 0.6) is 0 Å². The maximum Gasteiger partial charge on any atom is 0.307 e. The fraction of sp³-hybridized carbons (Fsp3) is 0.400. The summed E-state index contributed by atoms with van der Waals surface area (Å²) in [6.45, 7) is 2.78. The lowest BCUT2D eigenvalue weighted by atomic mass is 10.3. The smallest absolute Gasteiger partial charge is 0.307 e. The van der Waals surface area contributed by atoms with Crippen LogP contribution in [-0.2, 0) is 14.3 Å². The number of para-hydroxylation sites is 2. The highest BCUT2D eigenvalue weighted by molar-refractivity contribution is 7.99. The number of hydrogen-bond acceptors (Lipinski definition) is 6. The number of aromatic nitrogens is 1. The van der Waals surface area contributed by atoms with Crippen molar-refractivity contribution in [2.75, 3.05) is 26.0 Å². The molecule has 0 saturated heterocycles. The lowest BCUT2D eigenvalue weighted by molar-refractivity contribution is -0.141. The van der Waals surface area contributed by atoms with Crippen molar-refractivity contribution in [3.8, 4) is 0 Å². The molecule has 2 rings (SSSR count). The number of methoxy groups -OCH3 is 1. The Morgan fingerprint density at radius 3 is 2.82 bits per heavy atom. The third kappa shape index (κ3) is 4.24. The molecular formula is C15H18N2O4S. The number of thioether (sulfide) groups is 1. The predicted molar refractivity (Wildman–Crippen MR) is 83.6 cm³/mol. The van der Waals surface area contributed by atoms with Crippen LogP contribution < -0.4 is 0 Å². The molecular weight excluding hydrogens is 304 g/mol. The van der Waals surface area contributed by atoms with E-state index in [-0.39, 0.29) is 24.1 Å². The summed E-state index contributed by atoms with van der Waals surface area (Å²) < 4.78 is 10.1. The van der Waals surface area contributed by atoms with Gasteiger partial charge in [0.15, 0.2) is 5.58 Å². The van der Waals surface area contributed by atoms with Gasteiger partial charge >= 0.3 is 5.97 Å². The first-order valence-electron chi connectivity index (χ1n) is 6.97. The van der Waals surface area contributed by atoms with Crippen LogP contribution in [0.4, 0.5) is 0 Å². The van der Waals surface area contributed by atoms with Crippen LogP contribution in [-0.4, -0.2) is 47.7 Å². The Morgan fingerprint density at radius 1 is 1.36 bits per heavy atom. The number of ether oxygens (including phenoxy) is 1. The quantitative estimate of drug-likeness (QED) is 0.575. The normalized spacial score (nSPS) is 10.6. The number of fused-ring (bicyclic) bond motifs is 1. The summed E-state index contributed by atoms with van der Waals surface area (Å²) in [5.41, 5.74) is 1.48. The van der Waals surface area contributed by atoms with Crippen molar-refractivity contribution in [2.45, 2.75) is 18.6 Å². The van der Waals surface area contributed by atoms with Gasteiger partial charge in [-0.2, -0.15) is 0 Å². The van der Waals surface area contributed by atoms with E-state index in [1.54, 1.807) is 4.90 Å². The zero-order valence-electron chi connectivity index (χ0n) is 12.6. The first-order valence-corrected chi connectivity index (χ1v) is 7.95. The summed E-state index contributed by atoms with van der Waals surface area (Å²) in [7, 11) is 1.34. The summed E-state index contributed by atoms with van der Waals surface area (Å²) in [6.07, 6.45) is 0.198. The van der Waals surface area contributed by atoms with E-state index in [1.807, 2.05) is 31.2 Å². The highest BCUT2D eigenvalue weighted by Gasteiger charge is 2.15. The number of rotatable bonds is 7. The molecule has 1 aromatic carbocycles. The second-order valence-electron chi connectivity index (χ2n) is 4.54. The predicted octanol–water partition coefficient (Wildman–Crippen LogP) is 2.33. The molecule has 0 N–H and O–H groups in total. The average molecular weight is 322 g/mol. The van der Waals surface area contributed by atoms with Crippen LogP contribution in [0.2, 0.25) is 0 Å². The Kier molecular flexibility index (Phi) is 5.83. The summed E-state index contributed by atoms with van der Waals surface area (Å²) >= 11 is 1.25. The molecule has 1 heterocycles. The van der Waals surface area contributed by atoms with Gasteiger partial charge in [0.1, 0.15) is 5.52 Å². The number of carbonyl (C=O) groups is 2. The summed E-state index contributed by atoms with van der Waals surface area (Å²) in [5, 5.41) is 0.471. The number of hydrogen-bond donors (Lipinski definition) is 0. The molecule has 22 heavy (non-hydrogen) atoms. The van der Waals surface area contributed by atoms with E-state index in [1.165, 1.54) is 18.9 Å². The fourth-order valence-corrected chi connectivity index (χ4v) is 2.66. The van der Waals surface area contributed by atoms with Crippen LogP contribution in [0.25, 0.3) is 11.1 Å².